The Morgan fingerprint density at radius 2 is 1.69 bits per heavy atom. The zero-order chi connectivity index (χ0) is 29.2. The van der Waals surface area contributed by atoms with Crippen molar-refractivity contribution in [2.45, 2.75) is 19.6 Å². The van der Waals surface area contributed by atoms with Crippen molar-refractivity contribution in [3.05, 3.63) is 125 Å². The van der Waals surface area contributed by atoms with E-state index in [1.807, 2.05) is 43.3 Å². The number of halogens is 1. The third kappa shape index (κ3) is 5.22. The highest BCUT2D eigenvalue weighted by molar-refractivity contribution is 7.22. The van der Waals surface area contributed by atoms with E-state index in [-0.39, 0.29) is 11.1 Å². The fraction of sp³-hybridized carbons (Fsp3) is 0.121. The fourth-order valence-corrected chi connectivity index (χ4v) is 5.90. The number of ketones is 1. The molecule has 1 N–H and O–H groups in total. The number of amides is 1. The normalized spacial score (nSPS) is 16.2. The van der Waals surface area contributed by atoms with Crippen molar-refractivity contribution in [3.8, 4) is 11.5 Å². The molecule has 1 atom stereocenters. The molecule has 1 aliphatic heterocycles. The predicted molar refractivity (Wildman–Crippen MR) is 159 cm³/mol. The topological polar surface area (TPSA) is 89.0 Å². The Bertz CT molecular complexity index is 1820. The number of carbonyl (C=O) groups is 2. The fourth-order valence-electron chi connectivity index (χ4n) is 4.88. The maximum atomic E-state index is 13.7. The largest absolute Gasteiger partial charge is 0.507 e. The standard InChI is InChI=1S/C33H25FN2O5S/c1-2-40-25-15-16-26-27(18-25)42-33(35-26)36-29(22-9-6-10-24(17-22)41-19-20-7-4-3-5-8-20)28(31(38)32(36)39)30(37)21-11-13-23(34)14-12-21/h3-18,29,37H,2,19H2,1H3. The number of aliphatic hydroxyl groups is 1. The van der Waals surface area contributed by atoms with Gasteiger partial charge in [-0.2, -0.15) is 0 Å². The summed E-state index contributed by atoms with van der Waals surface area (Å²) in [5, 5.41) is 11.6. The maximum Gasteiger partial charge on any atom is 0.301 e. The zero-order valence-corrected chi connectivity index (χ0v) is 23.3. The number of ether oxygens (including phenoxy) is 2. The summed E-state index contributed by atoms with van der Waals surface area (Å²) in [6, 6.07) is 26.2. The second-order valence-corrected chi connectivity index (χ2v) is 10.6. The Kier molecular flexibility index (Phi) is 7.41. The summed E-state index contributed by atoms with van der Waals surface area (Å²) in [5.74, 6) is -1.41. The minimum atomic E-state index is -1.01. The SMILES string of the molecule is CCOc1ccc2nc(N3C(=O)C(=O)C(=C(O)c4ccc(F)cc4)C3c3cccc(OCc4ccccc4)c3)sc2c1. The molecule has 0 radical (unpaired) electrons. The lowest BCUT2D eigenvalue weighted by atomic mass is 9.95. The van der Waals surface area contributed by atoms with Gasteiger partial charge < -0.3 is 14.6 Å². The molecule has 1 amide bonds. The summed E-state index contributed by atoms with van der Waals surface area (Å²) in [6.07, 6.45) is 0. The molecular weight excluding hydrogens is 555 g/mol. The van der Waals surface area contributed by atoms with Crippen LogP contribution in [0.1, 0.15) is 29.7 Å². The first kappa shape index (κ1) is 27.2. The number of aliphatic hydroxyl groups excluding tert-OH is 1. The van der Waals surface area contributed by atoms with Gasteiger partial charge in [0.2, 0.25) is 0 Å². The van der Waals surface area contributed by atoms with E-state index >= 15 is 0 Å². The second-order valence-electron chi connectivity index (χ2n) is 9.58. The highest BCUT2D eigenvalue weighted by atomic mass is 32.1. The summed E-state index contributed by atoms with van der Waals surface area (Å²) in [6.45, 7) is 2.71. The highest BCUT2D eigenvalue weighted by Crippen LogP contribution is 2.45. The van der Waals surface area contributed by atoms with Gasteiger partial charge in [-0.3, -0.25) is 14.5 Å². The van der Waals surface area contributed by atoms with Crippen LogP contribution in [0, 0.1) is 5.82 Å². The van der Waals surface area contributed by atoms with E-state index < -0.39 is 29.3 Å². The average molecular weight is 581 g/mol. The van der Waals surface area contributed by atoms with E-state index in [9.17, 15) is 19.1 Å². The Labute approximate surface area is 245 Å². The molecule has 42 heavy (non-hydrogen) atoms. The number of benzene rings is 4. The molecule has 7 nitrogen and oxygen atoms in total. The molecule has 0 bridgehead atoms. The van der Waals surface area contributed by atoms with Crippen molar-refractivity contribution in [1.29, 1.82) is 0 Å². The second kappa shape index (κ2) is 11.5. The van der Waals surface area contributed by atoms with E-state index in [0.717, 1.165) is 10.3 Å². The van der Waals surface area contributed by atoms with Gasteiger partial charge in [-0.05, 0) is 72.6 Å². The lowest BCUT2D eigenvalue weighted by Gasteiger charge is -2.23. The molecule has 0 aliphatic carbocycles. The number of Topliss-reactive ketones (excluding diaryl/α,β-unsaturated/α-hetero) is 1. The van der Waals surface area contributed by atoms with Gasteiger partial charge in [-0.25, -0.2) is 9.37 Å². The molecule has 0 saturated carbocycles. The van der Waals surface area contributed by atoms with Crippen molar-refractivity contribution < 1.29 is 28.6 Å². The monoisotopic (exact) mass is 580 g/mol. The van der Waals surface area contributed by atoms with Crippen LogP contribution in [0.15, 0.2) is 103 Å². The summed E-state index contributed by atoms with van der Waals surface area (Å²) in [4.78, 5) is 33.1. The summed E-state index contributed by atoms with van der Waals surface area (Å²) >= 11 is 1.24. The number of aromatic nitrogens is 1. The maximum absolute atomic E-state index is 13.7. The first-order valence-corrected chi connectivity index (χ1v) is 14.1. The van der Waals surface area contributed by atoms with E-state index in [0.29, 0.717) is 40.9 Å². The number of hydrogen-bond acceptors (Lipinski definition) is 7. The molecule has 1 unspecified atom stereocenters. The van der Waals surface area contributed by atoms with E-state index in [1.54, 1.807) is 36.4 Å². The molecule has 1 aromatic heterocycles. The van der Waals surface area contributed by atoms with Crippen LogP contribution in [0.2, 0.25) is 0 Å². The van der Waals surface area contributed by atoms with E-state index in [1.165, 1.54) is 40.5 Å². The van der Waals surface area contributed by atoms with Gasteiger partial charge in [0.15, 0.2) is 5.13 Å². The Balaban J connectivity index is 1.46. The van der Waals surface area contributed by atoms with Gasteiger partial charge in [-0.1, -0.05) is 53.8 Å². The van der Waals surface area contributed by atoms with Crippen LogP contribution in [-0.2, 0) is 16.2 Å². The number of carbonyl (C=O) groups excluding carboxylic acids is 2. The minimum absolute atomic E-state index is 0.124. The Morgan fingerprint density at radius 1 is 0.929 bits per heavy atom. The van der Waals surface area contributed by atoms with Crippen LogP contribution >= 0.6 is 11.3 Å². The first-order valence-electron chi connectivity index (χ1n) is 13.3. The van der Waals surface area contributed by atoms with Crippen molar-refractivity contribution in [3.63, 3.8) is 0 Å². The highest BCUT2D eigenvalue weighted by Gasteiger charge is 2.48. The minimum Gasteiger partial charge on any atom is -0.507 e. The molecule has 210 valence electrons. The van der Waals surface area contributed by atoms with E-state index in [2.05, 4.69) is 4.98 Å². The number of hydrogen-bond donors (Lipinski definition) is 1. The van der Waals surface area contributed by atoms with Gasteiger partial charge in [0.25, 0.3) is 5.78 Å². The van der Waals surface area contributed by atoms with Crippen LogP contribution in [0.5, 0.6) is 11.5 Å². The predicted octanol–water partition coefficient (Wildman–Crippen LogP) is 7.04. The average Bonchev–Trinajstić information content (AvgIpc) is 3.54. The molecule has 4 aromatic carbocycles. The molecule has 6 rings (SSSR count). The summed E-state index contributed by atoms with van der Waals surface area (Å²) in [7, 11) is 0. The molecule has 1 fully saturated rings. The zero-order valence-electron chi connectivity index (χ0n) is 22.5. The van der Waals surface area contributed by atoms with Gasteiger partial charge >= 0.3 is 5.91 Å². The van der Waals surface area contributed by atoms with Crippen LogP contribution in [0.25, 0.3) is 16.0 Å². The lowest BCUT2D eigenvalue weighted by molar-refractivity contribution is -0.132. The first-order chi connectivity index (χ1) is 20.4. The summed E-state index contributed by atoms with van der Waals surface area (Å²) < 4.78 is 26.1. The number of nitrogens with zero attached hydrogens (tertiary/aromatic N) is 2. The van der Waals surface area contributed by atoms with Crippen molar-refractivity contribution in [2.75, 3.05) is 11.5 Å². The third-order valence-electron chi connectivity index (χ3n) is 6.85. The van der Waals surface area contributed by atoms with Crippen LogP contribution in [-0.4, -0.2) is 28.4 Å². The third-order valence-corrected chi connectivity index (χ3v) is 7.87. The molecule has 2 heterocycles. The van der Waals surface area contributed by atoms with Crippen molar-refractivity contribution in [2.24, 2.45) is 0 Å². The van der Waals surface area contributed by atoms with Crippen molar-refractivity contribution in [1.82, 2.24) is 4.98 Å². The Morgan fingerprint density at radius 3 is 2.45 bits per heavy atom. The lowest BCUT2D eigenvalue weighted by Crippen LogP contribution is -2.29. The van der Waals surface area contributed by atoms with Crippen LogP contribution in [0.3, 0.4) is 0 Å². The number of rotatable bonds is 8. The molecule has 1 aliphatic rings. The number of thiazole rings is 1. The number of fused-ring (bicyclic) bond motifs is 1. The van der Waals surface area contributed by atoms with Gasteiger partial charge in [0.1, 0.15) is 29.7 Å². The van der Waals surface area contributed by atoms with Crippen LogP contribution in [0.4, 0.5) is 9.52 Å². The van der Waals surface area contributed by atoms with Gasteiger partial charge in [0, 0.05) is 5.56 Å². The van der Waals surface area contributed by atoms with Crippen molar-refractivity contribution >= 4 is 44.1 Å². The van der Waals surface area contributed by atoms with Gasteiger partial charge in [-0.15, -0.1) is 0 Å². The number of anilines is 1. The summed E-state index contributed by atoms with van der Waals surface area (Å²) in [5.41, 5.74) is 2.24. The molecule has 0 spiro atoms. The quantitative estimate of drug-likeness (QED) is 0.120. The van der Waals surface area contributed by atoms with E-state index in [4.69, 9.17) is 9.47 Å². The smallest absolute Gasteiger partial charge is 0.301 e. The van der Waals surface area contributed by atoms with Crippen LogP contribution < -0.4 is 14.4 Å². The molecular formula is C33H25FN2O5S. The molecule has 1 saturated heterocycles. The Hall–Kier alpha value is -5.02. The van der Waals surface area contributed by atoms with Gasteiger partial charge in [0.05, 0.1) is 28.4 Å². The molecule has 5 aromatic rings. The molecule has 9 heteroatoms.